The number of nitrogens with zero attached hydrogens (tertiary/aromatic N) is 1. The summed E-state index contributed by atoms with van der Waals surface area (Å²) < 4.78 is 57.5. The van der Waals surface area contributed by atoms with Crippen LogP contribution >= 0.6 is 0 Å². The van der Waals surface area contributed by atoms with Gasteiger partial charge in [0, 0.05) is 20.3 Å². The third-order valence-electron chi connectivity index (χ3n) is 6.46. The lowest BCUT2D eigenvalue weighted by Crippen LogP contribution is -2.64. The van der Waals surface area contributed by atoms with Crippen molar-refractivity contribution in [1.29, 1.82) is 0 Å². The molecule has 13 heteroatoms. The quantitative estimate of drug-likeness (QED) is 0.249. The Hall–Kier alpha value is -4.49. The summed E-state index contributed by atoms with van der Waals surface area (Å²) in [6, 6.07) is 18.8. The lowest BCUT2D eigenvalue weighted by Gasteiger charge is -2.48. The molecule has 11 nitrogen and oxygen atoms in total. The summed E-state index contributed by atoms with van der Waals surface area (Å²) in [7, 11) is -4.02. The van der Waals surface area contributed by atoms with Crippen molar-refractivity contribution in [2.75, 3.05) is 13.1 Å². The fourth-order valence-electron chi connectivity index (χ4n) is 4.47. The molecule has 3 aromatic rings. The predicted octanol–water partition coefficient (Wildman–Crippen LogP) is 3.44. The van der Waals surface area contributed by atoms with E-state index in [0.717, 1.165) is 12.5 Å². The summed E-state index contributed by atoms with van der Waals surface area (Å²) >= 11 is 0. The lowest BCUT2D eigenvalue weighted by molar-refractivity contribution is -0.162. The van der Waals surface area contributed by atoms with Crippen LogP contribution in [0.3, 0.4) is 0 Å². The Morgan fingerprint density at radius 3 is 2.29 bits per heavy atom. The van der Waals surface area contributed by atoms with Gasteiger partial charge in [0.15, 0.2) is 5.60 Å². The molecule has 0 bridgehead atoms. The van der Waals surface area contributed by atoms with Crippen LogP contribution in [-0.2, 0) is 41.1 Å². The molecule has 0 spiro atoms. The highest BCUT2D eigenvalue weighted by molar-refractivity contribution is 7.89. The molecular formula is C29H29FN2O9S. The summed E-state index contributed by atoms with van der Waals surface area (Å²) in [5, 5.41) is 11.8. The predicted molar refractivity (Wildman–Crippen MR) is 146 cm³/mol. The highest BCUT2D eigenvalue weighted by Crippen LogP contribution is 2.40. The summed E-state index contributed by atoms with van der Waals surface area (Å²) in [5.41, 5.74) is 0.0696. The molecule has 0 radical (unpaired) electrons. The first-order chi connectivity index (χ1) is 19.9. The monoisotopic (exact) mass is 600 g/mol. The van der Waals surface area contributed by atoms with Crippen LogP contribution in [0, 0.1) is 5.82 Å². The van der Waals surface area contributed by atoms with Crippen LogP contribution < -0.4 is 10.1 Å². The first-order valence-corrected chi connectivity index (χ1v) is 14.3. The van der Waals surface area contributed by atoms with Crippen molar-refractivity contribution >= 4 is 28.1 Å². The molecule has 1 aliphatic rings. The Morgan fingerprint density at radius 2 is 1.67 bits per heavy atom. The third-order valence-corrected chi connectivity index (χ3v) is 8.25. The number of carboxylic acid groups (broad SMARTS) is 1. The number of halogens is 1. The minimum absolute atomic E-state index is 0.0212. The van der Waals surface area contributed by atoms with Crippen LogP contribution in [0.15, 0.2) is 83.8 Å². The Labute approximate surface area is 241 Å². The first kappa shape index (κ1) is 30.5. The van der Waals surface area contributed by atoms with Gasteiger partial charge in [0.1, 0.15) is 17.6 Å². The Bertz CT molecular complexity index is 1540. The molecule has 1 heterocycles. The van der Waals surface area contributed by atoms with E-state index < -0.39 is 51.8 Å². The Balaban J connectivity index is 1.49. The van der Waals surface area contributed by atoms with Gasteiger partial charge in [-0.1, -0.05) is 42.5 Å². The van der Waals surface area contributed by atoms with E-state index >= 15 is 0 Å². The van der Waals surface area contributed by atoms with E-state index in [1.165, 1.54) is 59.8 Å². The second-order valence-corrected chi connectivity index (χ2v) is 11.6. The standard InChI is InChI=1S/C29H29FN2O9S/c1-19(33)39-20(2)40-28(36)31-26(27(34)35)16-21-7-6-10-25(15-21)42(37,38)32-17-29(18-32,22-8-4-3-5-9-22)41-24-13-11-23(30)12-14-24/h3-15,20,26H,16-18H2,1-2H3,(H,31,36)(H,34,35). The maximum absolute atomic E-state index is 13.6. The van der Waals surface area contributed by atoms with Gasteiger partial charge in [-0.05, 0) is 47.5 Å². The molecular weight excluding hydrogens is 571 g/mol. The number of aliphatic carboxylic acids is 1. The molecule has 0 aromatic heterocycles. The third kappa shape index (κ3) is 7.22. The van der Waals surface area contributed by atoms with Gasteiger partial charge in [0.05, 0.1) is 18.0 Å². The average Bonchev–Trinajstić information content (AvgIpc) is 2.91. The van der Waals surface area contributed by atoms with E-state index in [1.54, 1.807) is 0 Å². The minimum atomic E-state index is -4.02. The van der Waals surface area contributed by atoms with E-state index in [2.05, 4.69) is 10.1 Å². The highest BCUT2D eigenvalue weighted by Gasteiger charge is 2.52. The summed E-state index contributed by atoms with van der Waals surface area (Å²) in [5.74, 6) is -2.11. The lowest BCUT2D eigenvalue weighted by atomic mass is 9.87. The number of sulfonamides is 1. The van der Waals surface area contributed by atoms with Gasteiger partial charge >= 0.3 is 18.0 Å². The second-order valence-electron chi connectivity index (χ2n) is 9.66. The summed E-state index contributed by atoms with van der Waals surface area (Å²) in [6.45, 7) is 2.37. The number of alkyl carbamates (subject to hydrolysis) is 1. The van der Waals surface area contributed by atoms with Crippen LogP contribution in [0.4, 0.5) is 9.18 Å². The molecule has 2 N–H and O–H groups in total. The molecule has 42 heavy (non-hydrogen) atoms. The normalized spacial score (nSPS) is 15.9. The highest BCUT2D eigenvalue weighted by atomic mass is 32.2. The topological polar surface area (TPSA) is 149 Å². The van der Waals surface area contributed by atoms with E-state index in [0.29, 0.717) is 11.3 Å². The molecule has 1 aliphatic heterocycles. The number of hydrogen-bond acceptors (Lipinski definition) is 8. The van der Waals surface area contributed by atoms with E-state index in [-0.39, 0.29) is 24.4 Å². The summed E-state index contributed by atoms with van der Waals surface area (Å²) in [6.07, 6.45) is -2.62. The molecule has 4 rings (SSSR count). The number of amides is 1. The molecule has 0 aliphatic carbocycles. The Morgan fingerprint density at radius 1 is 1.00 bits per heavy atom. The maximum atomic E-state index is 13.6. The van der Waals surface area contributed by atoms with Crippen molar-refractivity contribution < 1.29 is 46.5 Å². The zero-order valence-corrected chi connectivity index (χ0v) is 23.5. The molecule has 1 saturated heterocycles. The molecule has 3 aromatic carbocycles. The zero-order chi connectivity index (χ0) is 30.5. The van der Waals surface area contributed by atoms with Gasteiger partial charge in [0.2, 0.25) is 16.3 Å². The number of carbonyl (C=O) groups excluding carboxylic acids is 2. The van der Waals surface area contributed by atoms with Gasteiger partial charge < -0.3 is 24.6 Å². The fourth-order valence-corrected chi connectivity index (χ4v) is 6.08. The van der Waals surface area contributed by atoms with Gasteiger partial charge in [-0.25, -0.2) is 22.4 Å². The van der Waals surface area contributed by atoms with Crippen LogP contribution in [0.5, 0.6) is 5.75 Å². The van der Waals surface area contributed by atoms with Gasteiger partial charge in [0.25, 0.3) is 0 Å². The molecule has 1 fully saturated rings. The number of carbonyl (C=O) groups is 3. The minimum Gasteiger partial charge on any atom is -0.480 e. The fraction of sp³-hybridized carbons (Fsp3) is 0.276. The van der Waals surface area contributed by atoms with Crippen molar-refractivity contribution in [2.24, 2.45) is 0 Å². The number of ether oxygens (including phenoxy) is 3. The van der Waals surface area contributed by atoms with Gasteiger partial charge in [-0.3, -0.25) is 4.79 Å². The largest absolute Gasteiger partial charge is 0.480 e. The van der Waals surface area contributed by atoms with Crippen LogP contribution in [0.25, 0.3) is 0 Å². The number of nitrogens with one attached hydrogen (secondary N) is 1. The average molecular weight is 601 g/mol. The molecule has 222 valence electrons. The Kier molecular flexibility index (Phi) is 9.12. The van der Waals surface area contributed by atoms with Crippen LogP contribution in [-0.4, -0.2) is 61.3 Å². The molecule has 2 atom stereocenters. The second kappa shape index (κ2) is 12.6. The smallest absolute Gasteiger partial charge is 0.410 e. The van der Waals surface area contributed by atoms with E-state index in [1.807, 2.05) is 30.3 Å². The van der Waals surface area contributed by atoms with Crippen molar-refractivity contribution in [1.82, 2.24) is 9.62 Å². The zero-order valence-electron chi connectivity index (χ0n) is 22.7. The van der Waals surface area contributed by atoms with Gasteiger partial charge in [-0.15, -0.1) is 0 Å². The molecule has 2 unspecified atom stereocenters. The van der Waals surface area contributed by atoms with E-state index in [9.17, 15) is 32.3 Å². The van der Waals surface area contributed by atoms with E-state index in [4.69, 9.17) is 9.47 Å². The number of hydrogen-bond donors (Lipinski definition) is 2. The van der Waals surface area contributed by atoms with Crippen LogP contribution in [0.2, 0.25) is 0 Å². The molecule has 1 amide bonds. The summed E-state index contributed by atoms with van der Waals surface area (Å²) in [4.78, 5) is 34.8. The van der Waals surface area contributed by atoms with Gasteiger partial charge in [-0.2, -0.15) is 4.31 Å². The van der Waals surface area contributed by atoms with Crippen molar-refractivity contribution in [3.63, 3.8) is 0 Å². The maximum Gasteiger partial charge on any atom is 0.410 e. The number of esters is 1. The van der Waals surface area contributed by atoms with Crippen molar-refractivity contribution in [3.8, 4) is 5.75 Å². The van der Waals surface area contributed by atoms with Crippen molar-refractivity contribution in [3.05, 3.63) is 95.8 Å². The molecule has 0 saturated carbocycles. The number of carboxylic acids is 1. The first-order valence-electron chi connectivity index (χ1n) is 12.8. The SMILES string of the molecule is CC(=O)OC(C)OC(=O)NC(Cc1cccc(S(=O)(=O)N2CC(Oc3ccc(F)cc3)(c3ccccc3)C2)c1)C(=O)O. The van der Waals surface area contributed by atoms with Crippen molar-refractivity contribution in [2.45, 2.75) is 43.1 Å². The number of rotatable bonds is 11. The number of benzene rings is 3. The van der Waals surface area contributed by atoms with Crippen LogP contribution in [0.1, 0.15) is 25.0 Å².